The lowest BCUT2D eigenvalue weighted by molar-refractivity contribution is 0.0527. The molecular weight excluding hydrogens is 318 g/mol. The molecule has 1 saturated heterocycles. The molecule has 3 aromatic rings. The van der Waals surface area contributed by atoms with Gasteiger partial charge in [0, 0.05) is 19.0 Å². The molecule has 2 aliphatic rings. The van der Waals surface area contributed by atoms with Crippen molar-refractivity contribution in [3.05, 3.63) is 52.0 Å². The molecule has 1 aliphatic carbocycles. The number of aromatic nitrogens is 2. The highest BCUT2D eigenvalue weighted by atomic mass is 32.1. The maximum absolute atomic E-state index is 12.6. The normalized spacial score (nSPS) is 18.1. The minimum absolute atomic E-state index is 0.168. The van der Waals surface area contributed by atoms with E-state index in [4.69, 9.17) is 4.98 Å². The van der Waals surface area contributed by atoms with Crippen molar-refractivity contribution in [1.29, 1.82) is 0 Å². The van der Waals surface area contributed by atoms with E-state index in [-0.39, 0.29) is 5.91 Å². The molecule has 0 spiro atoms. The summed E-state index contributed by atoms with van der Waals surface area (Å²) in [5.74, 6) is 2.00. The summed E-state index contributed by atoms with van der Waals surface area (Å²) in [7, 11) is 0. The summed E-state index contributed by atoms with van der Waals surface area (Å²) in [6.07, 6.45) is 2.49. The van der Waals surface area contributed by atoms with Crippen molar-refractivity contribution in [1.82, 2.24) is 14.5 Å². The van der Waals surface area contributed by atoms with Crippen molar-refractivity contribution in [2.24, 2.45) is 0 Å². The molecule has 0 N–H and O–H groups in total. The van der Waals surface area contributed by atoms with Gasteiger partial charge in [0.15, 0.2) is 0 Å². The average Bonchev–Trinajstić information content (AvgIpc) is 3.19. The molecule has 2 aromatic heterocycles. The fourth-order valence-corrected chi connectivity index (χ4v) is 4.42. The Hall–Kier alpha value is -2.14. The van der Waals surface area contributed by atoms with E-state index in [0.717, 1.165) is 29.0 Å². The Morgan fingerprint density at radius 1 is 1.25 bits per heavy atom. The van der Waals surface area contributed by atoms with Gasteiger partial charge in [-0.15, -0.1) is 11.3 Å². The van der Waals surface area contributed by atoms with Gasteiger partial charge in [-0.05, 0) is 48.9 Å². The second kappa shape index (κ2) is 5.18. The molecule has 122 valence electrons. The van der Waals surface area contributed by atoms with Gasteiger partial charge in [-0.25, -0.2) is 4.98 Å². The summed E-state index contributed by atoms with van der Waals surface area (Å²) >= 11 is 1.54. The largest absolute Gasteiger partial charge is 0.334 e. The van der Waals surface area contributed by atoms with Crippen LogP contribution >= 0.6 is 11.3 Å². The van der Waals surface area contributed by atoms with Crippen LogP contribution in [0.15, 0.2) is 35.7 Å². The van der Waals surface area contributed by atoms with Crippen LogP contribution < -0.4 is 0 Å². The molecule has 3 heterocycles. The fraction of sp³-hybridized carbons (Fsp3) is 0.368. The molecule has 0 radical (unpaired) electrons. The molecule has 1 amide bonds. The first-order valence-electron chi connectivity index (χ1n) is 8.52. The molecular formula is C19H19N3OS. The first kappa shape index (κ1) is 14.2. The molecule has 5 heteroatoms. The number of fused-ring (bicyclic) bond motifs is 1. The van der Waals surface area contributed by atoms with Crippen LogP contribution in [0.5, 0.6) is 0 Å². The van der Waals surface area contributed by atoms with Gasteiger partial charge in [-0.3, -0.25) is 4.79 Å². The van der Waals surface area contributed by atoms with Crippen LogP contribution in [0.25, 0.3) is 11.0 Å². The predicted molar refractivity (Wildman–Crippen MR) is 95.7 cm³/mol. The quantitative estimate of drug-likeness (QED) is 0.725. The number of amides is 1. The predicted octanol–water partition coefficient (Wildman–Crippen LogP) is 3.98. The zero-order valence-corrected chi connectivity index (χ0v) is 14.4. The van der Waals surface area contributed by atoms with Crippen molar-refractivity contribution in [2.75, 3.05) is 13.1 Å². The number of likely N-dealkylation sites (tertiary alicyclic amines) is 1. The highest BCUT2D eigenvalue weighted by Gasteiger charge is 2.38. The van der Waals surface area contributed by atoms with Crippen LogP contribution in [0.4, 0.5) is 0 Å². The maximum atomic E-state index is 12.6. The molecule has 1 saturated carbocycles. The van der Waals surface area contributed by atoms with Gasteiger partial charge in [0.1, 0.15) is 5.82 Å². The first-order valence-corrected chi connectivity index (χ1v) is 9.40. The number of para-hydroxylation sites is 2. The summed E-state index contributed by atoms with van der Waals surface area (Å²) in [6.45, 7) is 3.61. The van der Waals surface area contributed by atoms with Gasteiger partial charge < -0.3 is 9.47 Å². The van der Waals surface area contributed by atoms with Gasteiger partial charge in [-0.1, -0.05) is 12.1 Å². The van der Waals surface area contributed by atoms with Crippen LogP contribution in [0.3, 0.4) is 0 Å². The third-order valence-electron chi connectivity index (χ3n) is 5.02. The van der Waals surface area contributed by atoms with E-state index in [1.165, 1.54) is 24.2 Å². The van der Waals surface area contributed by atoms with E-state index in [9.17, 15) is 4.79 Å². The van der Waals surface area contributed by atoms with Crippen molar-refractivity contribution in [2.45, 2.75) is 31.7 Å². The topological polar surface area (TPSA) is 38.1 Å². The maximum Gasteiger partial charge on any atom is 0.264 e. The molecule has 4 nitrogen and oxygen atoms in total. The zero-order valence-electron chi connectivity index (χ0n) is 13.6. The molecule has 0 unspecified atom stereocenters. The van der Waals surface area contributed by atoms with E-state index in [2.05, 4.69) is 22.8 Å². The molecule has 1 aliphatic heterocycles. The Morgan fingerprint density at radius 2 is 2.04 bits per heavy atom. The van der Waals surface area contributed by atoms with Crippen molar-refractivity contribution < 1.29 is 4.79 Å². The number of rotatable bonds is 3. The van der Waals surface area contributed by atoms with E-state index in [0.29, 0.717) is 12.0 Å². The van der Waals surface area contributed by atoms with Gasteiger partial charge in [0.25, 0.3) is 5.91 Å². The SMILES string of the molecule is Cc1csc(C(=O)N2CC(n3c(C4CC4)nc4ccccc43)C2)c1. The van der Waals surface area contributed by atoms with Crippen molar-refractivity contribution >= 4 is 28.3 Å². The molecule has 5 rings (SSSR count). The van der Waals surface area contributed by atoms with Crippen LogP contribution in [0.2, 0.25) is 0 Å². The summed E-state index contributed by atoms with van der Waals surface area (Å²) in [4.78, 5) is 20.2. The number of benzene rings is 1. The highest BCUT2D eigenvalue weighted by molar-refractivity contribution is 7.12. The Kier molecular flexibility index (Phi) is 3.07. The first-order chi connectivity index (χ1) is 11.7. The number of aryl methyl sites for hydroxylation is 1. The van der Waals surface area contributed by atoms with Crippen LogP contribution in [-0.2, 0) is 0 Å². The third-order valence-corrected chi connectivity index (χ3v) is 6.06. The molecule has 0 bridgehead atoms. The van der Waals surface area contributed by atoms with Crippen LogP contribution in [0.1, 0.15) is 45.9 Å². The number of hydrogen-bond acceptors (Lipinski definition) is 3. The smallest absolute Gasteiger partial charge is 0.264 e. The van der Waals surface area contributed by atoms with E-state index in [1.807, 2.05) is 29.3 Å². The number of carbonyl (C=O) groups is 1. The number of nitrogens with zero attached hydrogens (tertiary/aromatic N) is 3. The van der Waals surface area contributed by atoms with Crippen LogP contribution in [-0.4, -0.2) is 33.4 Å². The Morgan fingerprint density at radius 3 is 2.75 bits per heavy atom. The van der Waals surface area contributed by atoms with Gasteiger partial charge in [0.2, 0.25) is 0 Å². The number of imidazole rings is 1. The van der Waals surface area contributed by atoms with E-state index in [1.54, 1.807) is 11.3 Å². The minimum atomic E-state index is 0.168. The Balaban J connectivity index is 1.42. The number of carbonyl (C=O) groups excluding carboxylic acids is 1. The lowest BCUT2D eigenvalue weighted by Crippen LogP contribution is -2.50. The standard InChI is InChI=1S/C19H19N3OS/c1-12-8-17(24-11-12)19(23)21-9-14(10-21)22-16-5-3-2-4-15(16)20-18(22)13-6-7-13/h2-5,8,11,13-14H,6-7,9-10H2,1H3. The highest BCUT2D eigenvalue weighted by Crippen LogP contribution is 2.43. The summed E-state index contributed by atoms with van der Waals surface area (Å²) in [5.41, 5.74) is 3.46. The number of thiophene rings is 1. The summed E-state index contributed by atoms with van der Waals surface area (Å²) in [5, 5.41) is 2.04. The third kappa shape index (κ3) is 2.18. The number of hydrogen-bond donors (Lipinski definition) is 0. The second-order valence-electron chi connectivity index (χ2n) is 6.96. The Bertz CT molecular complexity index is 931. The second-order valence-corrected chi connectivity index (χ2v) is 7.87. The molecule has 2 fully saturated rings. The minimum Gasteiger partial charge on any atom is -0.334 e. The fourth-order valence-electron chi connectivity index (χ4n) is 3.56. The molecule has 24 heavy (non-hydrogen) atoms. The van der Waals surface area contributed by atoms with E-state index < -0.39 is 0 Å². The lowest BCUT2D eigenvalue weighted by atomic mass is 10.1. The Labute approximate surface area is 144 Å². The molecule has 0 atom stereocenters. The summed E-state index contributed by atoms with van der Waals surface area (Å²) < 4.78 is 2.40. The average molecular weight is 337 g/mol. The van der Waals surface area contributed by atoms with E-state index >= 15 is 0 Å². The monoisotopic (exact) mass is 337 g/mol. The van der Waals surface area contributed by atoms with Crippen molar-refractivity contribution in [3.8, 4) is 0 Å². The van der Waals surface area contributed by atoms with Crippen LogP contribution in [0, 0.1) is 6.92 Å². The van der Waals surface area contributed by atoms with Gasteiger partial charge in [-0.2, -0.15) is 0 Å². The van der Waals surface area contributed by atoms with Crippen molar-refractivity contribution in [3.63, 3.8) is 0 Å². The molecule has 1 aromatic carbocycles. The lowest BCUT2D eigenvalue weighted by Gasteiger charge is -2.40. The zero-order chi connectivity index (χ0) is 16.3. The van der Waals surface area contributed by atoms with Gasteiger partial charge in [0.05, 0.1) is 22.0 Å². The summed E-state index contributed by atoms with van der Waals surface area (Å²) in [6, 6.07) is 10.7. The van der Waals surface area contributed by atoms with Gasteiger partial charge >= 0.3 is 0 Å².